The summed E-state index contributed by atoms with van der Waals surface area (Å²) in [6.07, 6.45) is 6.13. The van der Waals surface area contributed by atoms with Gasteiger partial charge in [-0.25, -0.2) is 9.37 Å². The van der Waals surface area contributed by atoms with Crippen molar-refractivity contribution in [2.75, 3.05) is 26.3 Å². The van der Waals surface area contributed by atoms with Crippen LogP contribution in [0, 0.1) is 5.82 Å². The van der Waals surface area contributed by atoms with E-state index >= 15 is 0 Å². The molecule has 0 atom stereocenters. The first-order chi connectivity index (χ1) is 22.8. The van der Waals surface area contributed by atoms with Gasteiger partial charge >= 0.3 is 0 Å². The van der Waals surface area contributed by atoms with Crippen molar-refractivity contribution in [3.8, 4) is 34.3 Å². The number of pyridine rings is 2. The molecule has 1 saturated heterocycles. The number of halogens is 1. The van der Waals surface area contributed by atoms with Crippen molar-refractivity contribution < 1.29 is 33.7 Å². The quantitative estimate of drug-likeness (QED) is 0.203. The fourth-order valence-electron chi connectivity index (χ4n) is 5.97. The number of ether oxygens (including phenoxy) is 2. The number of nitrogens with zero attached hydrogens (tertiary/aromatic N) is 3. The van der Waals surface area contributed by atoms with E-state index in [9.17, 15) is 24.2 Å². The second-order valence-corrected chi connectivity index (χ2v) is 11.8. The lowest BCUT2D eigenvalue weighted by Gasteiger charge is -2.29. The van der Waals surface area contributed by atoms with Crippen molar-refractivity contribution in [1.82, 2.24) is 25.5 Å². The Labute approximate surface area is 271 Å². The van der Waals surface area contributed by atoms with Crippen LogP contribution in [-0.4, -0.2) is 75.3 Å². The van der Waals surface area contributed by atoms with Crippen molar-refractivity contribution >= 4 is 11.8 Å². The van der Waals surface area contributed by atoms with Gasteiger partial charge in [0.05, 0.1) is 31.2 Å². The zero-order chi connectivity index (χ0) is 32.8. The maximum Gasteiger partial charge on any atom is 0.257 e. The van der Waals surface area contributed by atoms with Gasteiger partial charge in [0.1, 0.15) is 28.6 Å². The summed E-state index contributed by atoms with van der Waals surface area (Å²) in [6, 6.07) is 14.8. The highest BCUT2D eigenvalue weighted by atomic mass is 19.1. The normalized spacial score (nSPS) is 18.3. The number of hydrogen-bond donors (Lipinski definition) is 4. The molecule has 12 heteroatoms. The summed E-state index contributed by atoms with van der Waals surface area (Å²) >= 11 is 0. The number of benzene rings is 2. The molecule has 1 aliphatic heterocycles. The number of amides is 2. The van der Waals surface area contributed by atoms with Crippen LogP contribution >= 0.6 is 0 Å². The summed E-state index contributed by atoms with van der Waals surface area (Å²) < 4.78 is 25.9. The van der Waals surface area contributed by atoms with Crippen molar-refractivity contribution in [1.29, 1.82) is 0 Å². The van der Waals surface area contributed by atoms with Crippen LogP contribution in [0.2, 0.25) is 0 Å². The van der Waals surface area contributed by atoms with E-state index in [1.165, 1.54) is 18.5 Å². The number of rotatable bonds is 9. The lowest BCUT2D eigenvalue weighted by atomic mass is 9.90. The zero-order valence-corrected chi connectivity index (χ0v) is 25.7. The Bertz CT molecular complexity index is 1740. The SMILES string of the molecule is O=C(NC1CCC(NC(=O)c2cc(F)cnc2Oc2cccc(-c3ccc(O)cc3CN3CCOCC3)c2)CC1)c1cncc(O)c1. The van der Waals surface area contributed by atoms with Crippen LogP contribution in [0.3, 0.4) is 0 Å². The Kier molecular flexibility index (Phi) is 9.89. The molecule has 3 heterocycles. The van der Waals surface area contributed by atoms with Gasteiger partial charge in [-0.15, -0.1) is 0 Å². The third kappa shape index (κ3) is 8.21. The van der Waals surface area contributed by atoms with E-state index in [1.54, 1.807) is 18.2 Å². The molecular weight excluding hydrogens is 605 g/mol. The second-order valence-electron chi connectivity index (χ2n) is 11.8. The molecule has 47 heavy (non-hydrogen) atoms. The number of aromatic nitrogens is 2. The minimum Gasteiger partial charge on any atom is -0.508 e. The Hall–Kier alpha value is -5.07. The van der Waals surface area contributed by atoms with Crippen LogP contribution in [0.5, 0.6) is 23.1 Å². The van der Waals surface area contributed by atoms with Gasteiger partial charge in [-0.1, -0.05) is 18.2 Å². The van der Waals surface area contributed by atoms with E-state index in [0.717, 1.165) is 42.0 Å². The van der Waals surface area contributed by atoms with Gasteiger partial charge in [-0.2, -0.15) is 0 Å². The predicted octanol–water partition coefficient (Wildman–Crippen LogP) is 4.79. The lowest BCUT2D eigenvalue weighted by molar-refractivity contribution is 0.0342. The number of phenolic OH excluding ortho intramolecular Hbond substituents is 1. The summed E-state index contributed by atoms with van der Waals surface area (Å²) in [5.74, 6) is -1.01. The van der Waals surface area contributed by atoms with Gasteiger partial charge in [0.15, 0.2) is 0 Å². The number of carbonyl (C=O) groups is 2. The van der Waals surface area contributed by atoms with Crippen molar-refractivity contribution in [2.45, 2.75) is 44.3 Å². The maximum absolute atomic E-state index is 14.3. The van der Waals surface area contributed by atoms with Crippen LogP contribution < -0.4 is 15.4 Å². The summed E-state index contributed by atoms with van der Waals surface area (Å²) in [6.45, 7) is 3.57. The molecule has 2 aromatic carbocycles. The number of carbonyl (C=O) groups excluding carboxylic acids is 2. The molecule has 0 radical (unpaired) electrons. The minimum atomic E-state index is -0.666. The molecular formula is C35H36FN5O6. The summed E-state index contributed by atoms with van der Waals surface area (Å²) in [5, 5.41) is 25.7. The fourth-order valence-corrected chi connectivity index (χ4v) is 5.97. The molecule has 244 valence electrons. The van der Waals surface area contributed by atoms with E-state index in [4.69, 9.17) is 9.47 Å². The lowest BCUT2D eigenvalue weighted by Crippen LogP contribution is -2.43. The number of morpholine rings is 1. The zero-order valence-electron chi connectivity index (χ0n) is 25.7. The molecule has 0 bridgehead atoms. The second kappa shape index (κ2) is 14.6. The third-order valence-electron chi connectivity index (χ3n) is 8.39. The standard InChI is InChI=1S/C35H36FN5O6/c36-25-17-32(34(45)40-27-6-4-26(5-7-27)39-33(44)23-14-29(43)20-37-18-23)35(38-19-25)47-30-3-1-2-22(16-30)31-9-8-28(42)15-24(31)21-41-10-12-46-13-11-41/h1-3,8-9,14-20,26-27,42-43H,4-7,10-13,21H2,(H,39,44)(H,40,45). The van der Waals surface area contributed by atoms with Gasteiger partial charge < -0.3 is 30.3 Å². The van der Waals surface area contributed by atoms with Crippen LogP contribution in [0.1, 0.15) is 52.0 Å². The summed E-state index contributed by atoms with van der Waals surface area (Å²) in [7, 11) is 0. The highest BCUT2D eigenvalue weighted by Crippen LogP contribution is 2.33. The minimum absolute atomic E-state index is 0.0269. The number of nitrogens with one attached hydrogen (secondary N) is 2. The highest BCUT2D eigenvalue weighted by molar-refractivity contribution is 5.96. The highest BCUT2D eigenvalue weighted by Gasteiger charge is 2.26. The fraction of sp³-hybridized carbons (Fsp3) is 0.314. The summed E-state index contributed by atoms with van der Waals surface area (Å²) in [4.78, 5) is 36.1. The van der Waals surface area contributed by atoms with Gasteiger partial charge in [-0.3, -0.25) is 19.5 Å². The van der Waals surface area contributed by atoms with Crippen LogP contribution in [-0.2, 0) is 11.3 Å². The number of aromatic hydroxyl groups is 2. The van der Waals surface area contributed by atoms with E-state index < -0.39 is 11.7 Å². The van der Waals surface area contributed by atoms with Gasteiger partial charge in [-0.05, 0) is 78.8 Å². The first kappa shape index (κ1) is 31.9. The first-order valence-electron chi connectivity index (χ1n) is 15.6. The van der Waals surface area contributed by atoms with Crippen LogP contribution in [0.15, 0.2) is 73.2 Å². The van der Waals surface area contributed by atoms with E-state index in [0.29, 0.717) is 51.2 Å². The monoisotopic (exact) mass is 641 g/mol. The Balaban J connectivity index is 1.11. The molecule has 2 aromatic heterocycles. The molecule has 2 fully saturated rings. The van der Waals surface area contributed by atoms with Crippen molar-refractivity contribution in [3.05, 3.63) is 95.7 Å². The molecule has 4 N–H and O–H groups in total. The van der Waals surface area contributed by atoms with Crippen LogP contribution in [0.25, 0.3) is 11.1 Å². The third-order valence-corrected chi connectivity index (χ3v) is 8.39. The largest absolute Gasteiger partial charge is 0.508 e. The van der Waals surface area contributed by atoms with E-state index in [-0.39, 0.29) is 46.5 Å². The van der Waals surface area contributed by atoms with Crippen LogP contribution in [0.4, 0.5) is 4.39 Å². The maximum atomic E-state index is 14.3. The molecule has 0 unspecified atom stereocenters. The van der Waals surface area contributed by atoms with E-state index in [2.05, 4.69) is 25.5 Å². The molecule has 6 rings (SSSR count). The van der Waals surface area contributed by atoms with E-state index in [1.807, 2.05) is 24.3 Å². The molecule has 1 saturated carbocycles. The van der Waals surface area contributed by atoms with Crippen molar-refractivity contribution in [3.63, 3.8) is 0 Å². The number of hydrogen-bond acceptors (Lipinski definition) is 9. The molecule has 11 nitrogen and oxygen atoms in total. The molecule has 0 spiro atoms. The summed E-state index contributed by atoms with van der Waals surface area (Å²) in [5.41, 5.74) is 2.97. The molecule has 4 aromatic rings. The topological polar surface area (TPSA) is 146 Å². The Morgan fingerprint density at radius 2 is 1.64 bits per heavy atom. The molecule has 2 aliphatic rings. The average Bonchev–Trinajstić information content (AvgIpc) is 3.07. The predicted molar refractivity (Wildman–Crippen MR) is 171 cm³/mol. The van der Waals surface area contributed by atoms with Crippen molar-refractivity contribution in [2.24, 2.45) is 0 Å². The molecule has 1 aliphatic carbocycles. The Morgan fingerprint density at radius 3 is 2.38 bits per heavy atom. The van der Waals surface area contributed by atoms with Gasteiger partial charge in [0, 0.05) is 37.9 Å². The number of phenols is 1. The average molecular weight is 642 g/mol. The van der Waals surface area contributed by atoms with Gasteiger partial charge in [0.25, 0.3) is 11.8 Å². The Morgan fingerprint density at radius 1 is 0.894 bits per heavy atom. The smallest absolute Gasteiger partial charge is 0.257 e. The first-order valence-corrected chi connectivity index (χ1v) is 15.6. The molecule has 2 amide bonds. The van der Waals surface area contributed by atoms with Gasteiger partial charge in [0.2, 0.25) is 5.88 Å².